The first kappa shape index (κ1) is 25.4. The molecule has 0 aromatic heterocycles. The van der Waals surface area contributed by atoms with Gasteiger partial charge in [-0.15, -0.1) is 0 Å². The predicted molar refractivity (Wildman–Crippen MR) is 114 cm³/mol. The van der Waals surface area contributed by atoms with Crippen molar-refractivity contribution in [3.8, 4) is 5.75 Å². The molecule has 1 rings (SSSR count). The Kier molecular flexibility index (Phi) is 10.8. The highest BCUT2D eigenvalue weighted by atomic mass is 16.5. The lowest BCUT2D eigenvalue weighted by atomic mass is 10.0. The van der Waals surface area contributed by atoms with Crippen molar-refractivity contribution < 1.29 is 28.6 Å². The molecule has 1 unspecified atom stereocenters. The van der Waals surface area contributed by atoms with E-state index in [9.17, 15) is 14.4 Å². The largest absolute Gasteiger partial charge is 0.466 e. The van der Waals surface area contributed by atoms with Gasteiger partial charge in [0, 0.05) is 12.0 Å². The Hall–Kier alpha value is -2.67. The monoisotopic (exact) mass is 419 g/mol. The number of hydrogen-bond donors (Lipinski definition) is 1. The molecule has 0 saturated heterocycles. The van der Waals surface area contributed by atoms with Gasteiger partial charge in [-0.1, -0.05) is 32.6 Å². The number of carbonyl (C=O) groups is 3. The average molecular weight is 420 g/mol. The van der Waals surface area contributed by atoms with Crippen LogP contribution in [0.15, 0.2) is 36.4 Å². The molecular weight excluding hydrogens is 386 g/mol. The molecule has 0 heterocycles. The maximum Gasteiger partial charge on any atom is 0.333 e. The molecule has 1 amide bonds. The van der Waals surface area contributed by atoms with Crippen LogP contribution in [-0.2, 0) is 30.3 Å². The summed E-state index contributed by atoms with van der Waals surface area (Å²) >= 11 is 0. The number of hydrogen-bond acceptors (Lipinski definition) is 6. The maximum absolute atomic E-state index is 12.2. The van der Waals surface area contributed by atoms with Crippen molar-refractivity contribution in [3.05, 3.63) is 42.0 Å². The molecule has 0 aliphatic rings. The molecule has 7 heteroatoms. The summed E-state index contributed by atoms with van der Waals surface area (Å²) < 4.78 is 15.4. The smallest absolute Gasteiger partial charge is 0.333 e. The number of amides is 1. The molecule has 1 aromatic rings. The number of esters is 2. The van der Waals surface area contributed by atoms with Crippen LogP contribution >= 0.6 is 0 Å². The van der Waals surface area contributed by atoms with Crippen molar-refractivity contribution in [2.75, 3.05) is 13.7 Å². The third-order valence-electron chi connectivity index (χ3n) is 4.06. The Balaban J connectivity index is 2.68. The van der Waals surface area contributed by atoms with Gasteiger partial charge in [-0.2, -0.15) is 0 Å². The van der Waals surface area contributed by atoms with E-state index in [1.165, 1.54) is 7.11 Å². The highest BCUT2D eigenvalue weighted by Crippen LogP contribution is 2.16. The lowest BCUT2D eigenvalue weighted by Gasteiger charge is -2.21. The second-order valence-corrected chi connectivity index (χ2v) is 7.84. The zero-order chi connectivity index (χ0) is 22.7. The van der Waals surface area contributed by atoms with Crippen molar-refractivity contribution in [3.63, 3.8) is 0 Å². The second-order valence-electron chi connectivity index (χ2n) is 7.84. The van der Waals surface area contributed by atoms with Crippen molar-refractivity contribution in [1.82, 2.24) is 5.32 Å². The number of carbonyl (C=O) groups excluding carboxylic acids is 3. The fourth-order valence-corrected chi connectivity index (χ4v) is 2.65. The first-order valence-corrected chi connectivity index (χ1v) is 10.1. The van der Waals surface area contributed by atoms with Gasteiger partial charge >= 0.3 is 11.9 Å². The van der Waals surface area contributed by atoms with Gasteiger partial charge < -0.3 is 19.5 Å². The van der Waals surface area contributed by atoms with Crippen LogP contribution in [0, 0.1) is 5.92 Å². The summed E-state index contributed by atoms with van der Waals surface area (Å²) in [5.41, 5.74) is 1.00. The molecule has 1 N–H and O–H groups in total. The van der Waals surface area contributed by atoms with E-state index in [4.69, 9.17) is 9.47 Å². The summed E-state index contributed by atoms with van der Waals surface area (Å²) in [5, 5.41) is 3.03. The van der Waals surface area contributed by atoms with Gasteiger partial charge in [0.05, 0.1) is 32.3 Å². The van der Waals surface area contributed by atoms with Crippen molar-refractivity contribution in [1.29, 1.82) is 0 Å². The van der Waals surface area contributed by atoms with Crippen LogP contribution in [0.4, 0.5) is 0 Å². The lowest BCUT2D eigenvalue weighted by Crippen LogP contribution is -2.40. The molecule has 0 fully saturated rings. The molecule has 0 spiro atoms. The Morgan fingerprint density at radius 1 is 1.07 bits per heavy atom. The zero-order valence-corrected chi connectivity index (χ0v) is 18.5. The van der Waals surface area contributed by atoms with Gasteiger partial charge in [0.15, 0.2) is 0 Å². The molecule has 1 atom stereocenters. The van der Waals surface area contributed by atoms with Crippen LogP contribution in [-0.4, -0.2) is 43.7 Å². The predicted octanol–water partition coefficient (Wildman–Crippen LogP) is 3.21. The van der Waals surface area contributed by atoms with E-state index in [2.05, 4.69) is 16.6 Å². The van der Waals surface area contributed by atoms with Crippen LogP contribution in [0.2, 0.25) is 0 Å². The highest BCUT2D eigenvalue weighted by molar-refractivity contribution is 5.93. The summed E-state index contributed by atoms with van der Waals surface area (Å²) in [7, 11) is 1.22. The maximum atomic E-state index is 12.2. The fourth-order valence-electron chi connectivity index (χ4n) is 2.65. The molecule has 30 heavy (non-hydrogen) atoms. The molecule has 1 aromatic carbocycles. The number of benzene rings is 1. The number of ether oxygens (including phenoxy) is 3. The molecule has 7 nitrogen and oxygen atoms in total. The summed E-state index contributed by atoms with van der Waals surface area (Å²) in [5.74, 6) is -0.598. The SMILES string of the molecule is C=C(CC(=O)Oc1ccc(CC(COC(C)C)NC(=O)CC(C)C)cc1)C(=O)OC. The van der Waals surface area contributed by atoms with E-state index in [-0.39, 0.29) is 36.0 Å². The quantitative estimate of drug-likeness (QED) is 0.318. The second kappa shape index (κ2) is 12.8. The third kappa shape index (κ3) is 10.2. The van der Waals surface area contributed by atoms with E-state index in [1.807, 2.05) is 39.8 Å². The molecular formula is C23H33NO6. The van der Waals surface area contributed by atoms with Gasteiger partial charge in [0.1, 0.15) is 5.75 Å². The Bertz CT molecular complexity index is 724. The fraction of sp³-hybridized carbons (Fsp3) is 0.522. The van der Waals surface area contributed by atoms with E-state index in [0.717, 1.165) is 5.56 Å². The van der Waals surface area contributed by atoms with Crippen LogP contribution in [0.3, 0.4) is 0 Å². The number of nitrogens with one attached hydrogen (secondary N) is 1. The Morgan fingerprint density at radius 3 is 2.23 bits per heavy atom. The van der Waals surface area contributed by atoms with Crippen LogP contribution < -0.4 is 10.1 Å². The van der Waals surface area contributed by atoms with E-state index >= 15 is 0 Å². The Labute approximate surface area is 178 Å². The van der Waals surface area contributed by atoms with Gasteiger partial charge in [-0.05, 0) is 43.9 Å². The van der Waals surface area contributed by atoms with Crippen molar-refractivity contribution in [2.45, 2.75) is 59.1 Å². The van der Waals surface area contributed by atoms with Crippen LogP contribution in [0.1, 0.15) is 46.1 Å². The van der Waals surface area contributed by atoms with E-state index in [0.29, 0.717) is 25.2 Å². The Morgan fingerprint density at radius 2 is 1.70 bits per heavy atom. The first-order chi connectivity index (χ1) is 14.1. The third-order valence-corrected chi connectivity index (χ3v) is 4.06. The average Bonchev–Trinajstić information content (AvgIpc) is 2.66. The van der Waals surface area contributed by atoms with Crippen LogP contribution in [0.5, 0.6) is 5.75 Å². The summed E-state index contributed by atoms with van der Waals surface area (Å²) in [6, 6.07) is 6.84. The minimum atomic E-state index is -0.642. The minimum absolute atomic E-state index is 0.00117. The zero-order valence-electron chi connectivity index (χ0n) is 18.5. The number of rotatable bonds is 12. The molecule has 0 bridgehead atoms. The highest BCUT2D eigenvalue weighted by Gasteiger charge is 2.16. The number of methoxy groups -OCH3 is 1. The van der Waals surface area contributed by atoms with Crippen molar-refractivity contribution >= 4 is 17.8 Å². The summed E-state index contributed by atoms with van der Waals surface area (Å²) in [4.78, 5) is 35.4. The molecule has 166 valence electrons. The molecule has 0 aliphatic heterocycles. The minimum Gasteiger partial charge on any atom is -0.466 e. The van der Waals surface area contributed by atoms with Gasteiger partial charge in [-0.25, -0.2) is 4.79 Å². The standard InChI is InChI=1S/C23H33NO6/c1-15(2)11-21(25)24-19(14-29-16(3)4)13-18-7-9-20(10-8-18)30-22(26)12-17(5)23(27)28-6/h7-10,15-16,19H,5,11-14H2,1-4,6H3,(H,24,25). The van der Waals surface area contributed by atoms with Gasteiger partial charge in [0.25, 0.3) is 0 Å². The topological polar surface area (TPSA) is 90.9 Å². The first-order valence-electron chi connectivity index (χ1n) is 10.1. The molecule has 0 radical (unpaired) electrons. The van der Waals surface area contributed by atoms with Gasteiger partial charge in [0.2, 0.25) is 5.91 Å². The van der Waals surface area contributed by atoms with Crippen molar-refractivity contribution in [2.24, 2.45) is 5.92 Å². The van der Waals surface area contributed by atoms with Crippen LogP contribution in [0.25, 0.3) is 0 Å². The normalized spacial score (nSPS) is 11.8. The molecule has 0 saturated carbocycles. The summed E-state index contributed by atoms with van der Waals surface area (Å²) in [6.45, 7) is 11.8. The van der Waals surface area contributed by atoms with Gasteiger partial charge in [-0.3, -0.25) is 9.59 Å². The molecule has 0 aliphatic carbocycles. The summed E-state index contributed by atoms with van der Waals surface area (Å²) in [6.07, 6.45) is 0.870. The van der Waals surface area contributed by atoms with E-state index in [1.54, 1.807) is 12.1 Å². The lowest BCUT2D eigenvalue weighted by molar-refractivity contribution is -0.139. The van der Waals surface area contributed by atoms with E-state index < -0.39 is 11.9 Å².